The molecule has 1 aliphatic rings. The number of rotatable bonds is 4. The first-order valence-corrected chi connectivity index (χ1v) is 9.64. The van der Waals surface area contributed by atoms with Gasteiger partial charge in [0.25, 0.3) is 0 Å². The van der Waals surface area contributed by atoms with Gasteiger partial charge < -0.3 is 4.90 Å². The summed E-state index contributed by atoms with van der Waals surface area (Å²) in [5.74, 6) is 0.855. The Balaban J connectivity index is 1.62. The lowest BCUT2D eigenvalue weighted by Crippen LogP contribution is -2.49. The number of aryl methyl sites for hydroxylation is 2. The number of sulfonamides is 1. The molecule has 0 saturated carbocycles. The van der Waals surface area contributed by atoms with Gasteiger partial charge in [-0.05, 0) is 31.5 Å². The van der Waals surface area contributed by atoms with Crippen LogP contribution in [0.15, 0.2) is 36.4 Å². The monoisotopic (exact) mass is 346 g/mol. The second-order valence-corrected chi connectivity index (χ2v) is 8.13. The first-order chi connectivity index (χ1) is 11.4. The third-order valence-electron chi connectivity index (χ3n) is 4.21. The Kier molecular flexibility index (Phi) is 4.82. The third-order valence-corrected chi connectivity index (χ3v) is 6.06. The van der Waals surface area contributed by atoms with Gasteiger partial charge in [0.1, 0.15) is 0 Å². The molecule has 6 nitrogen and oxygen atoms in total. The summed E-state index contributed by atoms with van der Waals surface area (Å²) in [4.78, 5) is 2.07. The van der Waals surface area contributed by atoms with Crippen molar-refractivity contribution in [1.29, 1.82) is 0 Å². The van der Waals surface area contributed by atoms with Crippen LogP contribution < -0.4 is 4.90 Å². The Morgan fingerprint density at radius 3 is 2.17 bits per heavy atom. The van der Waals surface area contributed by atoms with Crippen LogP contribution in [0.5, 0.6) is 0 Å². The number of aromatic nitrogens is 2. The van der Waals surface area contributed by atoms with Crippen molar-refractivity contribution >= 4 is 15.8 Å². The molecule has 1 aromatic heterocycles. The molecule has 0 atom stereocenters. The molecule has 0 aliphatic carbocycles. The van der Waals surface area contributed by atoms with E-state index in [0.29, 0.717) is 26.2 Å². The van der Waals surface area contributed by atoms with E-state index in [4.69, 9.17) is 0 Å². The highest BCUT2D eigenvalue weighted by Crippen LogP contribution is 2.17. The van der Waals surface area contributed by atoms with Crippen molar-refractivity contribution in [2.75, 3.05) is 31.1 Å². The van der Waals surface area contributed by atoms with Crippen molar-refractivity contribution in [3.05, 3.63) is 53.2 Å². The summed E-state index contributed by atoms with van der Waals surface area (Å²) in [6.07, 6.45) is 0. The predicted octanol–water partition coefficient (Wildman–Crippen LogP) is 1.75. The summed E-state index contributed by atoms with van der Waals surface area (Å²) in [6, 6.07) is 11.5. The van der Waals surface area contributed by atoms with E-state index in [1.807, 2.05) is 50.2 Å². The van der Waals surface area contributed by atoms with Crippen molar-refractivity contribution in [3.8, 4) is 0 Å². The number of piperazine rings is 1. The number of hydrogen-bond acceptors (Lipinski definition) is 5. The van der Waals surface area contributed by atoms with Gasteiger partial charge >= 0.3 is 0 Å². The fourth-order valence-electron chi connectivity index (χ4n) is 2.74. The van der Waals surface area contributed by atoms with Gasteiger partial charge in [-0.2, -0.15) is 9.40 Å². The van der Waals surface area contributed by atoms with Crippen molar-refractivity contribution in [2.24, 2.45) is 0 Å². The van der Waals surface area contributed by atoms with E-state index in [9.17, 15) is 8.42 Å². The summed E-state index contributed by atoms with van der Waals surface area (Å²) in [7, 11) is -3.29. The van der Waals surface area contributed by atoms with E-state index >= 15 is 0 Å². The number of nitrogens with zero attached hydrogens (tertiary/aromatic N) is 4. The van der Waals surface area contributed by atoms with Crippen LogP contribution in [-0.4, -0.2) is 49.1 Å². The van der Waals surface area contributed by atoms with Gasteiger partial charge in [0.2, 0.25) is 10.0 Å². The van der Waals surface area contributed by atoms with Gasteiger partial charge in [0.05, 0.1) is 11.4 Å². The molecule has 2 aromatic rings. The predicted molar refractivity (Wildman–Crippen MR) is 94.4 cm³/mol. The smallest absolute Gasteiger partial charge is 0.218 e. The maximum Gasteiger partial charge on any atom is 0.218 e. The average Bonchev–Trinajstić information content (AvgIpc) is 2.58. The maximum atomic E-state index is 12.6. The van der Waals surface area contributed by atoms with Crippen molar-refractivity contribution in [3.63, 3.8) is 0 Å². The molecule has 24 heavy (non-hydrogen) atoms. The lowest BCUT2D eigenvalue weighted by molar-refractivity contribution is 0.383. The second kappa shape index (κ2) is 6.86. The molecule has 0 bridgehead atoms. The van der Waals surface area contributed by atoms with Gasteiger partial charge in [-0.25, -0.2) is 8.42 Å². The fraction of sp³-hybridized carbons (Fsp3) is 0.412. The molecule has 0 radical (unpaired) electrons. The molecule has 1 aromatic carbocycles. The van der Waals surface area contributed by atoms with Crippen molar-refractivity contribution < 1.29 is 8.42 Å². The minimum absolute atomic E-state index is 0.0532. The molecule has 2 heterocycles. The van der Waals surface area contributed by atoms with Crippen LogP contribution in [0.2, 0.25) is 0 Å². The second-order valence-electron chi connectivity index (χ2n) is 6.16. The van der Waals surface area contributed by atoms with Gasteiger partial charge in [-0.3, -0.25) is 0 Å². The van der Waals surface area contributed by atoms with E-state index in [1.165, 1.54) is 0 Å². The van der Waals surface area contributed by atoms with Crippen LogP contribution in [0.25, 0.3) is 0 Å². The third kappa shape index (κ3) is 3.91. The summed E-state index contributed by atoms with van der Waals surface area (Å²) < 4.78 is 26.8. The molecule has 128 valence electrons. The van der Waals surface area contributed by atoms with Gasteiger partial charge in [0.15, 0.2) is 5.82 Å². The van der Waals surface area contributed by atoms with Crippen LogP contribution in [-0.2, 0) is 15.8 Å². The van der Waals surface area contributed by atoms with Crippen LogP contribution in [0.1, 0.15) is 16.8 Å². The lowest BCUT2D eigenvalue weighted by Gasteiger charge is -2.34. The lowest BCUT2D eigenvalue weighted by atomic mass is 10.2. The molecule has 0 unspecified atom stereocenters. The van der Waals surface area contributed by atoms with E-state index in [2.05, 4.69) is 15.1 Å². The zero-order chi connectivity index (χ0) is 17.2. The summed E-state index contributed by atoms with van der Waals surface area (Å²) in [5, 5.41) is 8.23. The zero-order valence-corrected chi connectivity index (χ0v) is 14.8. The summed E-state index contributed by atoms with van der Waals surface area (Å²) in [5.41, 5.74) is 2.83. The number of hydrogen-bond donors (Lipinski definition) is 0. The standard InChI is InChI=1S/C17H22N4O2S/c1-14-3-6-16(7-4-14)13-24(22,23)21-11-9-20(10-12-21)17-8-5-15(2)18-19-17/h3-8H,9-13H2,1-2H3. The topological polar surface area (TPSA) is 66.4 Å². The Labute approximate surface area is 143 Å². The van der Waals surface area contributed by atoms with Gasteiger partial charge in [-0.1, -0.05) is 29.8 Å². The Morgan fingerprint density at radius 2 is 1.58 bits per heavy atom. The van der Waals surface area contributed by atoms with Crippen LogP contribution in [0.3, 0.4) is 0 Å². The molecule has 0 spiro atoms. The van der Waals surface area contributed by atoms with E-state index in [1.54, 1.807) is 4.31 Å². The molecule has 3 rings (SSSR count). The molecule has 0 N–H and O–H groups in total. The highest BCUT2D eigenvalue weighted by atomic mass is 32.2. The number of benzene rings is 1. The van der Waals surface area contributed by atoms with Crippen molar-refractivity contribution in [1.82, 2.24) is 14.5 Å². The Morgan fingerprint density at radius 1 is 0.917 bits per heavy atom. The van der Waals surface area contributed by atoms with Crippen molar-refractivity contribution in [2.45, 2.75) is 19.6 Å². The molecule has 1 saturated heterocycles. The summed E-state index contributed by atoms with van der Waals surface area (Å²) in [6.45, 7) is 6.10. The minimum Gasteiger partial charge on any atom is -0.352 e. The SMILES string of the molecule is Cc1ccc(CS(=O)(=O)N2CCN(c3ccc(C)nn3)CC2)cc1. The first kappa shape index (κ1) is 16.9. The van der Waals surface area contributed by atoms with E-state index < -0.39 is 10.0 Å². The van der Waals surface area contributed by atoms with Gasteiger partial charge in [0, 0.05) is 26.2 Å². The molecule has 1 fully saturated rings. The highest BCUT2D eigenvalue weighted by molar-refractivity contribution is 7.88. The van der Waals surface area contributed by atoms with Crippen LogP contribution >= 0.6 is 0 Å². The Bertz CT molecular complexity index is 780. The normalized spacial score (nSPS) is 16.3. The molecular weight excluding hydrogens is 324 g/mol. The Hall–Kier alpha value is -1.99. The minimum atomic E-state index is -3.29. The summed E-state index contributed by atoms with van der Waals surface area (Å²) >= 11 is 0. The molecule has 7 heteroatoms. The first-order valence-electron chi connectivity index (χ1n) is 8.03. The molecule has 0 amide bonds. The van der Waals surface area contributed by atoms with Crippen LogP contribution in [0, 0.1) is 13.8 Å². The molecule has 1 aliphatic heterocycles. The van der Waals surface area contributed by atoms with Crippen LogP contribution in [0.4, 0.5) is 5.82 Å². The van der Waals surface area contributed by atoms with E-state index in [0.717, 1.165) is 22.6 Å². The maximum absolute atomic E-state index is 12.6. The largest absolute Gasteiger partial charge is 0.352 e. The average molecular weight is 346 g/mol. The fourth-order valence-corrected chi connectivity index (χ4v) is 4.26. The highest BCUT2D eigenvalue weighted by Gasteiger charge is 2.27. The zero-order valence-electron chi connectivity index (χ0n) is 14.0. The molecular formula is C17H22N4O2S. The van der Waals surface area contributed by atoms with Gasteiger partial charge in [-0.15, -0.1) is 5.10 Å². The quantitative estimate of drug-likeness (QED) is 0.844. The van der Waals surface area contributed by atoms with E-state index in [-0.39, 0.29) is 5.75 Å². The number of anilines is 1.